The van der Waals surface area contributed by atoms with E-state index in [1.165, 1.54) is 0 Å². The lowest BCUT2D eigenvalue weighted by molar-refractivity contribution is -0.0512. The lowest BCUT2D eigenvalue weighted by Gasteiger charge is -2.28. The van der Waals surface area contributed by atoms with Crippen LogP contribution in [-0.4, -0.2) is 22.8 Å². The average Bonchev–Trinajstić information content (AvgIpc) is 2.93. The van der Waals surface area contributed by atoms with Crippen molar-refractivity contribution in [1.29, 1.82) is 0 Å². The summed E-state index contributed by atoms with van der Waals surface area (Å²) in [6.45, 7) is -2.11. The molecule has 0 bridgehead atoms. The van der Waals surface area contributed by atoms with Crippen molar-refractivity contribution in [2.24, 2.45) is 0 Å². The minimum Gasteiger partial charge on any atom is -0.434 e. The van der Waals surface area contributed by atoms with E-state index in [-0.39, 0.29) is 11.8 Å². The first kappa shape index (κ1) is 15.5. The summed E-state index contributed by atoms with van der Waals surface area (Å²) in [6, 6.07) is 12.3. The fraction of sp³-hybridized carbons (Fsp3) is 0.235. The van der Waals surface area contributed by atoms with Crippen LogP contribution < -0.4 is 4.74 Å². The molecule has 0 N–H and O–H groups in total. The molecule has 0 radical (unpaired) electrons. The van der Waals surface area contributed by atoms with Gasteiger partial charge in [0, 0.05) is 10.0 Å². The second kappa shape index (κ2) is 6.14. The van der Waals surface area contributed by atoms with Crippen LogP contribution in [0.25, 0.3) is 11.0 Å². The third-order valence-corrected chi connectivity index (χ3v) is 4.53. The number of ether oxygens (including phenoxy) is 2. The Morgan fingerprint density at radius 2 is 2.08 bits per heavy atom. The zero-order valence-corrected chi connectivity index (χ0v) is 14.0. The highest BCUT2D eigenvalue weighted by molar-refractivity contribution is 9.10. The summed E-state index contributed by atoms with van der Waals surface area (Å²) in [4.78, 5) is 4.59. The number of benzene rings is 2. The molecule has 2 heterocycles. The highest BCUT2D eigenvalue weighted by Gasteiger charge is 2.28. The van der Waals surface area contributed by atoms with Crippen molar-refractivity contribution in [2.75, 3.05) is 6.61 Å². The molecule has 0 amide bonds. The van der Waals surface area contributed by atoms with Gasteiger partial charge in [-0.05, 0) is 24.3 Å². The smallest absolute Gasteiger partial charge is 0.387 e. The van der Waals surface area contributed by atoms with Gasteiger partial charge in [-0.25, -0.2) is 4.98 Å². The summed E-state index contributed by atoms with van der Waals surface area (Å²) in [5.74, 6) is 0.928. The van der Waals surface area contributed by atoms with Crippen molar-refractivity contribution < 1.29 is 18.3 Å². The second-order valence-electron chi connectivity index (χ2n) is 5.48. The molecule has 0 saturated carbocycles. The van der Waals surface area contributed by atoms with Crippen LogP contribution in [0.4, 0.5) is 8.78 Å². The van der Waals surface area contributed by atoms with Gasteiger partial charge in [0.2, 0.25) is 0 Å². The molecule has 2 aromatic carbocycles. The van der Waals surface area contributed by atoms with E-state index in [2.05, 4.69) is 20.9 Å². The Kier molecular flexibility index (Phi) is 3.97. The molecular weight excluding hydrogens is 382 g/mol. The molecule has 4 nitrogen and oxygen atoms in total. The minimum atomic E-state index is -2.87. The van der Waals surface area contributed by atoms with Crippen molar-refractivity contribution >= 4 is 27.0 Å². The molecule has 0 unspecified atom stereocenters. The Labute approximate surface area is 145 Å². The van der Waals surface area contributed by atoms with Crippen LogP contribution in [0.15, 0.2) is 46.9 Å². The van der Waals surface area contributed by atoms with Crippen molar-refractivity contribution in [3.63, 3.8) is 0 Å². The zero-order valence-electron chi connectivity index (χ0n) is 12.5. The molecule has 3 aromatic rings. The number of fused-ring (bicyclic) bond motifs is 3. The predicted molar refractivity (Wildman–Crippen MR) is 88.3 cm³/mol. The fourth-order valence-corrected chi connectivity index (χ4v) is 3.44. The van der Waals surface area contributed by atoms with E-state index in [4.69, 9.17) is 9.47 Å². The highest BCUT2D eigenvalue weighted by Crippen LogP contribution is 2.36. The van der Waals surface area contributed by atoms with Crippen LogP contribution in [0.1, 0.15) is 17.4 Å². The molecule has 1 aliphatic rings. The summed E-state index contributed by atoms with van der Waals surface area (Å²) in [5.41, 5.74) is 2.42. The number of hydrogen-bond acceptors (Lipinski definition) is 3. The standard InChI is InChI=1S/C17H13BrF2N2O2/c18-10-5-6-12-13(7-10)22-14(8-23-9-16(22)21-12)11-3-1-2-4-15(11)24-17(19)20/h1-7,14,17H,8-9H2/t14-/m1/s1. The molecular formula is C17H13BrF2N2O2. The molecule has 24 heavy (non-hydrogen) atoms. The molecule has 1 aliphatic heterocycles. The quantitative estimate of drug-likeness (QED) is 0.655. The van der Waals surface area contributed by atoms with Gasteiger partial charge in [-0.3, -0.25) is 0 Å². The lowest BCUT2D eigenvalue weighted by atomic mass is 10.0. The number of hydrogen-bond donors (Lipinski definition) is 0. The van der Waals surface area contributed by atoms with Gasteiger partial charge in [0.05, 0.1) is 23.7 Å². The van der Waals surface area contributed by atoms with Gasteiger partial charge in [-0.2, -0.15) is 8.78 Å². The Morgan fingerprint density at radius 3 is 2.92 bits per heavy atom. The van der Waals surface area contributed by atoms with Crippen LogP contribution in [0.5, 0.6) is 5.75 Å². The number of halogens is 3. The van der Waals surface area contributed by atoms with E-state index >= 15 is 0 Å². The number of rotatable bonds is 3. The predicted octanol–water partition coefficient (Wildman–Crippen LogP) is 4.52. The number of nitrogens with zero attached hydrogens (tertiary/aromatic N) is 2. The van der Waals surface area contributed by atoms with E-state index < -0.39 is 6.61 Å². The van der Waals surface area contributed by atoms with Crippen molar-refractivity contribution in [3.05, 3.63) is 58.3 Å². The molecule has 1 aromatic heterocycles. The van der Waals surface area contributed by atoms with E-state index in [9.17, 15) is 8.78 Å². The zero-order chi connectivity index (χ0) is 16.7. The topological polar surface area (TPSA) is 36.3 Å². The van der Waals surface area contributed by atoms with Gasteiger partial charge < -0.3 is 14.0 Å². The number of para-hydroxylation sites is 1. The van der Waals surface area contributed by atoms with Crippen LogP contribution in [0, 0.1) is 0 Å². The fourth-order valence-electron chi connectivity index (χ4n) is 3.09. The first-order chi connectivity index (χ1) is 11.6. The highest BCUT2D eigenvalue weighted by atomic mass is 79.9. The van der Waals surface area contributed by atoms with E-state index in [0.29, 0.717) is 18.8 Å². The average molecular weight is 395 g/mol. The van der Waals surface area contributed by atoms with Crippen molar-refractivity contribution in [3.8, 4) is 5.75 Å². The molecule has 0 saturated heterocycles. The molecule has 0 spiro atoms. The third-order valence-electron chi connectivity index (χ3n) is 4.04. The van der Waals surface area contributed by atoms with Gasteiger partial charge in [-0.15, -0.1) is 0 Å². The van der Waals surface area contributed by atoms with Gasteiger partial charge in [0.15, 0.2) is 0 Å². The van der Waals surface area contributed by atoms with Gasteiger partial charge in [0.25, 0.3) is 0 Å². The number of alkyl halides is 2. The second-order valence-corrected chi connectivity index (χ2v) is 6.39. The molecule has 1 atom stereocenters. The summed E-state index contributed by atoms with van der Waals surface area (Å²) in [5, 5.41) is 0. The van der Waals surface area contributed by atoms with Gasteiger partial charge >= 0.3 is 6.61 Å². The van der Waals surface area contributed by atoms with Crippen LogP contribution in [0.2, 0.25) is 0 Å². The molecule has 0 aliphatic carbocycles. The summed E-state index contributed by atoms with van der Waals surface area (Å²) in [6.07, 6.45) is 0. The number of aromatic nitrogens is 2. The SMILES string of the molecule is FC(F)Oc1ccccc1[C@H]1COCc2nc3ccc(Br)cc3n21. The van der Waals surface area contributed by atoms with Gasteiger partial charge in [0.1, 0.15) is 18.2 Å². The first-order valence-corrected chi connectivity index (χ1v) is 8.20. The molecule has 124 valence electrons. The van der Waals surface area contributed by atoms with Crippen molar-refractivity contribution in [2.45, 2.75) is 19.3 Å². The summed E-state index contributed by atoms with van der Waals surface area (Å²) < 4.78 is 38.8. The maximum atomic E-state index is 12.7. The van der Waals surface area contributed by atoms with E-state index in [1.54, 1.807) is 24.3 Å². The monoisotopic (exact) mass is 394 g/mol. The third kappa shape index (κ3) is 2.67. The summed E-state index contributed by atoms with van der Waals surface area (Å²) >= 11 is 3.47. The first-order valence-electron chi connectivity index (χ1n) is 7.41. The Morgan fingerprint density at radius 1 is 1.25 bits per heavy atom. The molecule has 7 heteroatoms. The van der Waals surface area contributed by atoms with Crippen LogP contribution in [-0.2, 0) is 11.3 Å². The van der Waals surface area contributed by atoms with Crippen LogP contribution in [0.3, 0.4) is 0 Å². The largest absolute Gasteiger partial charge is 0.434 e. The molecule has 4 rings (SSSR count). The minimum absolute atomic E-state index is 0.158. The Balaban J connectivity index is 1.88. The van der Waals surface area contributed by atoms with Crippen molar-refractivity contribution in [1.82, 2.24) is 9.55 Å². The van der Waals surface area contributed by atoms with E-state index in [1.807, 2.05) is 22.8 Å². The number of imidazole rings is 1. The van der Waals surface area contributed by atoms with Crippen LogP contribution >= 0.6 is 15.9 Å². The Bertz CT molecular complexity index is 897. The molecule has 0 fully saturated rings. The maximum absolute atomic E-state index is 12.7. The Hall–Kier alpha value is -1.99. The lowest BCUT2D eigenvalue weighted by Crippen LogP contribution is -2.25. The normalized spacial score (nSPS) is 17.2. The van der Waals surface area contributed by atoms with E-state index in [0.717, 1.165) is 21.3 Å². The van der Waals surface area contributed by atoms with Gasteiger partial charge in [-0.1, -0.05) is 34.1 Å². The summed E-state index contributed by atoms with van der Waals surface area (Å²) in [7, 11) is 0. The maximum Gasteiger partial charge on any atom is 0.387 e.